The van der Waals surface area contributed by atoms with Gasteiger partial charge in [-0.25, -0.2) is 9.59 Å². The van der Waals surface area contributed by atoms with Crippen molar-refractivity contribution in [2.45, 2.75) is 31.1 Å². The number of ether oxygens (including phenoxy) is 2. The number of esters is 2. The highest BCUT2D eigenvalue weighted by Crippen LogP contribution is 2.58. The summed E-state index contributed by atoms with van der Waals surface area (Å²) in [7, 11) is 0. The Labute approximate surface area is 184 Å². The van der Waals surface area contributed by atoms with E-state index in [4.69, 9.17) is 14.7 Å². The van der Waals surface area contributed by atoms with Crippen LogP contribution in [0.4, 0.5) is 0 Å². The summed E-state index contributed by atoms with van der Waals surface area (Å²) >= 11 is 0. The Hall–Kier alpha value is -4.11. The van der Waals surface area contributed by atoms with Gasteiger partial charge in [-0.15, -0.1) is 0 Å². The standard InChI is InChI=1S/C26H19NO5/c27-14-15-1-3-16(4-2-15)25(29)31-21-11-12-22(24-19-6-5-18(13-19)23(21)24)32-26(30)17-7-9-20(28)10-8-17/h1-4,7-12,18-19,28H,5-6,13H2. The van der Waals surface area contributed by atoms with Crippen molar-refractivity contribution in [2.24, 2.45) is 0 Å². The molecule has 2 aliphatic carbocycles. The molecule has 1 N–H and O–H groups in total. The van der Waals surface area contributed by atoms with Crippen LogP contribution in [-0.2, 0) is 0 Å². The summed E-state index contributed by atoms with van der Waals surface area (Å²) in [6.45, 7) is 0. The van der Waals surface area contributed by atoms with Crippen molar-refractivity contribution in [1.82, 2.24) is 0 Å². The Kier molecular flexibility index (Phi) is 4.87. The van der Waals surface area contributed by atoms with Crippen LogP contribution in [0.3, 0.4) is 0 Å². The van der Waals surface area contributed by atoms with Gasteiger partial charge in [-0.05, 0) is 91.8 Å². The number of phenolic OH excluding ortho intramolecular Hbond substituents is 1. The van der Waals surface area contributed by atoms with Crippen molar-refractivity contribution in [2.75, 3.05) is 0 Å². The zero-order valence-electron chi connectivity index (χ0n) is 17.1. The van der Waals surface area contributed by atoms with Gasteiger partial charge in [0, 0.05) is 11.1 Å². The first-order valence-electron chi connectivity index (χ1n) is 10.4. The van der Waals surface area contributed by atoms with E-state index >= 15 is 0 Å². The van der Waals surface area contributed by atoms with E-state index in [0.717, 1.165) is 30.4 Å². The number of hydrogen-bond acceptors (Lipinski definition) is 6. The molecule has 2 atom stereocenters. The first-order valence-corrected chi connectivity index (χ1v) is 10.4. The Morgan fingerprint density at radius 3 is 1.72 bits per heavy atom. The van der Waals surface area contributed by atoms with Crippen LogP contribution in [0.5, 0.6) is 17.2 Å². The molecule has 0 spiro atoms. The van der Waals surface area contributed by atoms with Gasteiger partial charge in [0.2, 0.25) is 0 Å². The van der Waals surface area contributed by atoms with E-state index in [9.17, 15) is 14.7 Å². The van der Waals surface area contributed by atoms with Crippen molar-refractivity contribution in [3.63, 3.8) is 0 Å². The molecule has 0 aliphatic heterocycles. The zero-order chi connectivity index (χ0) is 22.2. The van der Waals surface area contributed by atoms with E-state index in [2.05, 4.69) is 0 Å². The van der Waals surface area contributed by atoms with Crippen molar-refractivity contribution >= 4 is 11.9 Å². The summed E-state index contributed by atoms with van der Waals surface area (Å²) in [4.78, 5) is 25.3. The van der Waals surface area contributed by atoms with Crippen molar-refractivity contribution in [3.05, 3.63) is 88.5 Å². The summed E-state index contributed by atoms with van der Waals surface area (Å²) < 4.78 is 11.5. The predicted molar refractivity (Wildman–Crippen MR) is 115 cm³/mol. The number of benzene rings is 3. The molecule has 3 aromatic carbocycles. The molecule has 32 heavy (non-hydrogen) atoms. The zero-order valence-corrected chi connectivity index (χ0v) is 17.1. The fourth-order valence-corrected chi connectivity index (χ4v) is 4.72. The topological polar surface area (TPSA) is 96.6 Å². The molecule has 0 amide bonds. The van der Waals surface area contributed by atoms with E-state index < -0.39 is 11.9 Å². The molecule has 1 fully saturated rings. The minimum absolute atomic E-state index is 0.0770. The average Bonchev–Trinajstić information content (AvgIpc) is 3.44. The van der Waals surface area contributed by atoms with Gasteiger partial charge in [-0.3, -0.25) is 0 Å². The molecular formula is C26H19NO5. The number of nitrogens with zero attached hydrogens (tertiary/aromatic N) is 1. The van der Waals surface area contributed by atoms with Crippen molar-refractivity contribution < 1.29 is 24.2 Å². The fraction of sp³-hybridized carbons (Fsp3) is 0.192. The maximum Gasteiger partial charge on any atom is 0.343 e. The number of hydrogen-bond donors (Lipinski definition) is 1. The molecule has 2 unspecified atom stereocenters. The molecule has 6 nitrogen and oxygen atoms in total. The highest BCUT2D eigenvalue weighted by molar-refractivity contribution is 5.92. The van der Waals surface area contributed by atoms with E-state index in [0.29, 0.717) is 28.2 Å². The highest BCUT2D eigenvalue weighted by Gasteiger charge is 2.42. The second-order valence-electron chi connectivity index (χ2n) is 8.11. The van der Waals surface area contributed by atoms with Crippen LogP contribution in [0, 0.1) is 11.3 Å². The summed E-state index contributed by atoms with van der Waals surface area (Å²) in [5.41, 5.74) is 3.07. The van der Waals surface area contributed by atoms with Crippen LogP contribution >= 0.6 is 0 Å². The smallest absolute Gasteiger partial charge is 0.343 e. The third kappa shape index (κ3) is 3.48. The maximum absolute atomic E-state index is 12.7. The van der Waals surface area contributed by atoms with E-state index in [-0.39, 0.29) is 17.6 Å². The lowest BCUT2D eigenvalue weighted by Gasteiger charge is -2.21. The first kappa shape index (κ1) is 19.8. The van der Waals surface area contributed by atoms with Gasteiger partial charge in [0.25, 0.3) is 0 Å². The van der Waals surface area contributed by atoms with Crippen LogP contribution in [0.2, 0.25) is 0 Å². The molecule has 3 aromatic rings. The van der Waals surface area contributed by atoms with E-state index in [1.807, 2.05) is 6.07 Å². The van der Waals surface area contributed by atoms with Crippen LogP contribution in [-0.4, -0.2) is 17.0 Å². The summed E-state index contributed by atoms with van der Waals surface area (Å²) in [5.74, 6) is 0.602. The SMILES string of the molecule is N#Cc1ccc(C(=O)Oc2ccc(OC(=O)c3ccc(O)cc3)c3c2C2CCC3C2)cc1. The van der Waals surface area contributed by atoms with Gasteiger partial charge in [-0.1, -0.05) is 0 Å². The van der Waals surface area contributed by atoms with E-state index in [1.165, 1.54) is 24.3 Å². The summed E-state index contributed by atoms with van der Waals surface area (Å²) in [6.07, 6.45) is 2.97. The minimum Gasteiger partial charge on any atom is -0.508 e. The Morgan fingerprint density at radius 2 is 1.25 bits per heavy atom. The normalized spacial score (nSPS) is 18.0. The number of rotatable bonds is 4. The molecule has 6 heteroatoms. The molecule has 0 aromatic heterocycles. The Morgan fingerprint density at radius 1 is 0.781 bits per heavy atom. The van der Waals surface area contributed by atoms with Crippen LogP contribution in [0.15, 0.2) is 60.7 Å². The van der Waals surface area contributed by atoms with Gasteiger partial charge in [0.15, 0.2) is 0 Å². The lowest BCUT2D eigenvalue weighted by Crippen LogP contribution is -2.14. The van der Waals surface area contributed by atoms with Gasteiger partial charge in [0.05, 0.1) is 22.8 Å². The Bertz CT molecular complexity index is 1260. The largest absolute Gasteiger partial charge is 0.508 e. The molecule has 0 radical (unpaired) electrons. The molecule has 0 saturated heterocycles. The lowest BCUT2D eigenvalue weighted by molar-refractivity contribution is 0.0716. The van der Waals surface area contributed by atoms with Crippen LogP contribution < -0.4 is 9.47 Å². The van der Waals surface area contributed by atoms with Crippen molar-refractivity contribution in [3.8, 4) is 23.3 Å². The lowest BCUT2D eigenvalue weighted by atomic mass is 9.90. The van der Waals surface area contributed by atoms with Crippen LogP contribution in [0.1, 0.15) is 68.5 Å². The van der Waals surface area contributed by atoms with E-state index in [1.54, 1.807) is 36.4 Å². The predicted octanol–water partition coefficient (Wildman–Crippen LogP) is 5.07. The Balaban J connectivity index is 1.43. The van der Waals surface area contributed by atoms with Crippen molar-refractivity contribution in [1.29, 1.82) is 5.26 Å². The third-order valence-corrected chi connectivity index (χ3v) is 6.21. The van der Waals surface area contributed by atoms with Gasteiger partial charge in [0.1, 0.15) is 17.2 Å². The number of nitriles is 1. The quantitative estimate of drug-likeness (QED) is 0.463. The molecular weight excluding hydrogens is 406 g/mol. The number of aromatic hydroxyl groups is 1. The van der Waals surface area contributed by atoms with Gasteiger partial charge < -0.3 is 14.6 Å². The van der Waals surface area contributed by atoms with Gasteiger partial charge in [-0.2, -0.15) is 5.26 Å². The first-order chi connectivity index (χ1) is 15.5. The molecule has 1 saturated carbocycles. The second-order valence-corrected chi connectivity index (χ2v) is 8.11. The molecule has 5 rings (SSSR count). The molecule has 2 aliphatic rings. The number of carbonyl (C=O) groups is 2. The second kappa shape index (κ2) is 7.86. The minimum atomic E-state index is -0.502. The molecule has 2 bridgehead atoms. The third-order valence-electron chi connectivity index (χ3n) is 6.21. The number of fused-ring (bicyclic) bond motifs is 5. The summed E-state index contributed by atoms with van der Waals surface area (Å²) in [6, 6.07) is 17.6. The maximum atomic E-state index is 12.7. The van der Waals surface area contributed by atoms with Gasteiger partial charge >= 0.3 is 11.9 Å². The fourth-order valence-electron chi connectivity index (χ4n) is 4.72. The molecule has 158 valence electrons. The monoisotopic (exact) mass is 425 g/mol. The summed E-state index contributed by atoms with van der Waals surface area (Å²) in [5, 5.41) is 18.4. The molecule has 0 heterocycles. The number of carbonyl (C=O) groups excluding carboxylic acids is 2. The number of phenols is 1. The average molecular weight is 425 g/mol. The highest BCUT2D eigenvalue weighted by atomic mass is 16.5. The van der Waals surface area contributed by atoms with Crippen LogP contribution in [0.25, 0.3) is 0 Å².